The highest BCUT2D eigenvalue weighted by atomic mass is 32.2. The quantitative estimate of drug-likeness (QED) is 0.831. The number of amides is 1. The summed E-state index contributed by atoms with van der Waals surface area (Å²) in [5.41, 5.74) is -1.06. The van der Waals surface area contributed by atoms with Crippen molar-refractivity contribution in [1.29, 1.82) is 0 Å². The molecule has 2 aromatic rings. The maximum Gasteiger partial charge on any atom is 0.433 e. The van der Waals surface area contributed by atoms with E-state index in [0.717, 1.165) is 12.5 Å². The van der Waals surface area contributed by atoms with Crippen molar-refractivity contribution in [3.63, 3.8) is 0 Å². The van der Waals surface area contributed by atoms with Crippen LogP contribution in [0, 0.1) is 6.92 Å². The number of nitrogens with zero attached hydrogens (tertiary/aromatic N) is 2. The van der Waals surface area contributed by atoms with Gasteiger partial charge in [-0.25, -0.2) is 18.1 Å². The minimum Gasteiger partial charge on any atom is -0.274 e. The minimum atomic E-state index is -4.77. The number of halogens is 3. The second kappa shape index (κ2) is 7.63. The average Bonchev–Trinajstić information content (AvgIpc) is 2.59. The number of alkyl halides is 3. The van der Waals surface area contributed by atoms with Crippen molar-refractivity contribution in [1.82, 2.24) is 14.7 Å². The van der Waals surface area contributed by atoms with Crippen molar-refractivity contribution in [3.05, 3.63) is 41.3 Å². The summed E-state index contributed by atoms with van der Waals surface area (Å²) in [6.45, 7) is 4.44. The summed E-state index contributed by atoms with van der Waals surface area (Å²) in [5.74, 6) is -0.782. The Hall–Kier alpha value is -2.49. The molecule has 1 amide bonds. The van der Waals surface area contributed by atoms with Crippen molar-refractivity contribution in [2.45, 2.75) is 44.7 Å². The predicted octanol–water partition coefficient (Wildman–Crippen LogP) is 3.25. The molecule has 0 aliphatic carbocycles. The molecule has 0 saturated carbocycles. The van der Waals surface area contributed by atoms with Crippen molar-refractivity contribution in [2.75, 3.05) is 0 Å². The molecule has 0 atom stereocenters. The van der Waals surface area contributed by atoms with Gasteiger partial charge in [-0.3, -0.25) is 9.78 Å². The van der Waals surface area contributed by atoms with Crippen LogP contribution in [-0.2, 0) is 27.4 Å². The molecule has 0 bridgehead atoms. The SMILES string of the molecule is CCC(=O)NS(=O)(=O)c1c(-c2cc(CC)ccn2)cc(C(F)(F)F)nc1C. The van der Waals surface area contributed by atoms with E-state index in [9.17, 15) is 26.4 Å². The topological polar surface area (TPSA) is 89.0 Å². The molecule has 0 aliphatic heterocycles. The van der Waals surface area contributed by atoms with E-state index in [4.69, 9.17) is 0 Å². The lowest BCUT2D eigenvalue weighted by Crippen LogP contribution is -2.31. The van der Waals surface area contributed by atoms with E-state index < -0.39 is 32.7 Å². The first-order valence-electron chi connectivity index (χ1n) is 8.09. The van der Waals surface area contributed by atoms with Gasteiger partial charge in [-0.2, -0.15) is 13.2 Å². The Kier molecular flexibility index (Phi) is 5.88. The van der Waals surface area contributed by atoms with Crippen LogP contribution in [0.15, 0.2) is 29.3 Å². The van der Waals surface area contributed by atoms with Gasteiger partial charge in [-0.15, -0.1) is 0 Å². The molecule has 2 rings (SSSR count). The Labute approximate surface area is 154 Å². The zero-order valence-electron chi connectivity index (χ0n) is 14.9. The van der Waals surface area contributed by atoms with E-state index in [1.165, 1.54) is 19.2 Å². The molecular weight excluding hydrogens is 383 g/mol. The number of sulfonamides is 1. The third-order valence-electron chi connectivity index (χ3n) is 3.78. The number of aryl methyl sites for hydroxylation is 2. The molecule has 0 radical (unpaired) electrons. The van der Waals surface area contributed by atoms with Crippen molar-refractivity contribution in [2.24, 2.45) is 0 Å². The van der Waals surface area contributed by atoms with E-state index in [-0.39, 0.29) is 23.4 Å². The number of carbonyl (C=O) groups is 1. The molecule has 0 saturated heterocycles. The molecule has 146 valence electrons. The van der Waals surface area contributed by atoms with Gasteiger partial charge in [0, 0.05) is 18.2 Å². The lowest BCUT2D eigenvalue weighted by atomic mass is 10.1. The van der Waals surface area contributed by atoms with Gasteiger partial charge < -0.3 is 0 Å². The Morgan fingerprint density at radius 1 is 1.22 bits per heavy atom. The highest BCUT2D eigenvalue weighted by molar-refractivity contribution is 7.90. The zero-order chi connectivity index (χ0) is 20.4. The van der Waals surface area contributed by atoms with Gasteiger partial charge in [0.2, 0.25) is 5.91 Å². The van der Waals surface area contributed by atoms with Crippen LogP contribution in [0.5, 0.6) is 0 Å². The number of pyridine rings is 2. The predicted molar refractivity (Wildman–Crippen MR) is 92.2 cm³/mol. The van der Waals surface area contributed by atoms with Gasteiger partial charge in [0.05, 0.1) is 11.4 Å². The summed E-state index contributed by atoms with van der Waals surface area (Å²) in [4.78, 5) is 18.5. The highest BCUT2D eigenvalue weighted by Gasteiger charge is 2.36. The van der Waals surface area contributed by atoms with Gasteiger partial charge in [0.1, 0.15) is 10.6 Å². The fraction of sp³-hybridized carbons (Fsp3) is 0.353. The monoisotopic (exact) mass is 401 g/mol. The number of aromatic nitrogens is 2. The van der Waals surface area contributed by atoms with Crippen LogP contribution in [0.25, 0.3) is 11.3 Å². The first kappa shape index (κ1) is 20.8. The Morgan fingerprint density at radius 2 is 1.89 bits per heavy atom. The number of rotatable bonds is 5. The van der Waals surface area contributed by atoms with E-state index in [0.29, 0.717) is 12.5 Å². The summed E-state index contributed by atoms with van der Waals surface area (Å²) in [6, 6.07) is 3.82. The maximum absolute atomic E-state index is 13.2. The Balaban J connectivity index is 2.81. The molecule has 2 heterocycles. The molecule has 0 unspecified atom stereocenters. The Bertz CT molecular complexity index is 973. The number of carbonyl (C=O) groups excluding carboxylic acids is 1. The molecule has 2 aromatic heterocycles. The van der Waals surface area contributed by atoms with Gasteiger partial charge in [-0.1, -0.05) is 13.8 Å². The fourth-order valence-electron chi connectivity index (χ4n) is 2.45. The third kappa shape index (κ3) is 4.62. The number of hydrogen-bond acceptors (Lipinski definition) is 5. The normalized spacial score (nSPS) is 12.1. The van der Waals surface area contributed by atoms with E-state index in [1.54, 1.807) is 6.07 Å². The van der Waals surface area contributed by atoms with Gasteiger partial charge in [0.25, 0.3) is 10.0 Å². The van der Waals surface area contributed by atoms with Crippen LogP contribution in [0.3, 0.4) is 0 Å². The molecule has 10 heteroatoms. The minimum absolute atomic E-state index is 0.0506. The van der Waals surface area contributed by atoms with Gasteiger partial charge >= 0.3 is 6.18 Å². The second-order valence-electron chi connectivity index (χ2n) is 5.75. The standard InChI is InChI=1S/C17H18F3N3O3S/c1-4-11-6-7-21-13(8-11)12-9-14(17(18,19)20)22-10(3)16(12)27(25,26)23-15(24)5-2/h6-9H,4-5H2,1-3H3,(H,23,24). The molecule has 1 N–H and O–H groups in total. The van der Waals surface area contributed by atoms with Crippen LogP contribution in [0.4, 0.5) is 13.2 Å². The maximum atomic E-state index is 13.2. The third-order valence-corrected chi connectivity index (χ3v) is 5.33. The summed E-state index contributed by atoms with van der Waals surface area (Å²) < 4.78 is 66.7. The first-order chi connectivity index (χ1) is 12.5. The van der Waals surface area contributed by atoms with Gasteiger partial charge in [-0.05, 0) is 37.1 Å². The van der Waals surface area contributed by atoms with Crippen LogP contribution in [-0.4, -0.2) is 24.3 Å². The smallest absolute Gasteiger partial charge is 0.274 e. The summed E-state index contributed by atoms with van der Waals surface area (Å²) in [7, 11) is -4.43. The number of nitrogens with one attached hydrogen (secondary N) is 1. The van der Waals surface area contributed by atoms with Crippen molar-refractivity contribution in [3.8, 4) is 11.3 Å². The van der Waals surface area contributed by atoms with Crippen LogP contribution in [0.2, 0.25) is 0 Å². The largest absolute Gasteiger partial charge is 0.433 e. The highest BCUT2D eigenvalue weighted by Crippen LogP contribution is 2.35. The summed E-state index contributed by atoms with van der Waals surface area (Å²) in [6.07, 6.45) is -2.90. The second-order valence-corrected chi connectivity index (χ2v) is 7.37. The van der Waals surface area contributed by atoms with E-state index in [1.807, 2.05) is 11.6 Å². The fourth-order valence-corrected chi connectivity index (χ4v) is 3.88. The molecule has 0 aliphatic rings. The zero-order valence-corrected chi connectivity index (χ0v) is 15.7. The molecule has 6 nitrogen and oxygen atoms in total. The van der Waals surface area contributed by atoms with Gasteiger partial charge in [0.15, 0.2) is 0 Å². The molecule has 27 heavy (non-hydrogen) atoms. The lowest BCUT2D eigenvalue weighted by molar-refractivity contribution is -0.141. The molecule has 0 fully saturated rings. The van der Waals surface area contributed by atoms with Crippen LogP contribution < -0.4 is 4.72 Å². The first-order valence-corrected chi connectivity index (χ1v) is 9.57. The van der Waals surface area contributed by atoms with Crippen molar-refractivity contribution < 1.29 is 26.4 Å². The average molecular weight is 401 g/mol. The lowest BCUT2D eigenvalue weighted by Gasteiger charge is -2.16. The van der Waals surface area contributed by atoms with Crippen molar-refractivity contribution >= 4 is 15.9 Å². The molecular formula is C17H18F3N3O3S. The summed E-state index contributed by atoms with van der Waals surface area (Å²) in [5, 5.41) is 0. The van der Waals surface area contributed by atoms with Crippen LogP contribution >= 0.6 is 0 Å². The van der Waals surface area contributed by atoms with E-state index in [2.05, 4.69) is 9.97 Å². The molecule has 0 aromatic carbocycles. The molecule has 0 spiro atoms. The summed E-state index contributed by atoms with van der Waals surface area (Å²) >= 11 is 0. The Morgan fingerprint density at radius 3 is 2.44 bits per heavy atom. The van der Waals surface area contributed by atoms with E-state index >= 15 is 0 Å². The van der Waals surface area contributed by atoms with Crippen LogP contribution in [0.1, 0.15) is 37.2 Å². The number of hydrogen-bond donors (Lipinski definition) is 1.